The topological polar surface area (TPSA) is 111 Å². The lowest BCUT2D eigenvalue weighted by Crippen LogP contribution is -2.14. The zero-order valence-corrected chi connectivity index (χ0v) is 7.18. The van der Waals surface area contributed by atoms with E-state index in [0.717, 1.165) is 0 Å². The van der Waals surface area contributed by atoms with E-state index in [2.05, 4.69) is 10.2 Å². The molecule has 0 radical (unpaired) electrons. The molecule has 1 aromatic carbocycles. The highest BCUT2D eigenvalue weighted by atomic mass is 16.3. The van der Waals surface area contributed by atoms with Crippen molar-refractivity contribution in [2.45, 2.75) is 0 Å². The largest absolute Gasteiger partial charge is 0.406 e. The van der Waals surface area contributed by atoms with Crippen LogP contribution in [0.3, 0.4) is 0 Å². The van der Waals surface area contributed by atoms with Crippen molar-refractivity contribution in [1.82, 2.24) is 0 Å². The normalized spacial score (nSPS) is 11.0. The van der Waals surface area contributed by atoms with Gasteiger partial charge in [0, 0.05) is 16.4 Å². The number of amides is 2. The summed E-state index contributed by atoms with van der Waals surface area (Å²) in [5, 5.41) is 2.09. The first-order valence-electron chi connectivity index (χ1n) is 3.71. The van der Waals surface area contributed by atoms with E-state index in [1.807, 2.05) is 0 Å². The van der Waals surface area contributed by atoms with Gasteiger partial charge in [0.15, 0.2) is 0 Å². The predicted octanol–water partition coefficient (Wildman–Crippen LogP) is 0.861. The molecule has 0 unspecified atom stereocenters. The molecule has 4 N–H and O–H groups in total. The molecule has 0 saturated heterocycles. The summed E-state index contributed by atoms with van der Waals surface area (Å²) in [5.41, 5.74) is 11.9. The maximum Gasteiger partial charge on any atom is 0.406 e. The molecule has 0 heterocycles. The molecule has 6 nitrogen and oxygen atoms in total. The van der Waals surface area contributed by atoms with E-state index in [1.54, 1.807) is 24.3 Å². The molecule has 0 saturated carbocycles. The number of nitrogen functional groups attached to an aromatic ring is 1. The molecule has 0 fully saturated rings. The Morgan fingerprint density at radius 1 is 1.21 bits per heavy atom. The molecular formula is C8H8N4O2. The first-order chi connectivity index (χ1) is 6.63. The average molecular weight is 192 g/mol. The molecule has 14 heavy (non-hydrogen) atoms. The first kappa shape index (κ1) is 9.85. The number of anilines is 1. The van der Waals surface area contributed by atoms with Gasteiger partial charge >= 0.3 is 6.03 Å². The molecule has 0 aliphatic rings. The molecule has 1 aromatic rings. The lowest BCUT2D eigenvalue weighted by molar-refractivity contribution is 0.256. The van der Waals surface area contributed by atoms with Crippen LogP contribution in [0.1, 0.15) is 5.56 Å². The Balaban J connectivity index is 2.94. The number of nitroso groups, excluding NO2 is 1. The van der Waals surface area contributed by atoms with E-state index < -0.39 is 6.03 Å². The van der Waals surface area contributed by atoms with E-state index in [4.69, 9.17) is 11.5 Å². The SMILES string of the molecule is NC(=NC(=O)N=O)c1ccc(N)cc1. The highest BCUT2D eigenvalue weighted by Gasteiger charge is 2.01. The Bertz CT molecular complexity index is 383. The Kier molecular flexibility index (Phi) is 2.90. The van der Waals surface area contributed by atoms with Gasteiger partial charge in [-0.3, -0.25) is 0 Å². The Morgan fingerprint density at radius 3 is 2.29 bits per heavy atom. The molecular weight excluding hydrogens is 184 g/mol. The quantitative estimate of drug-likeness (QED) is 0.297. The summed E-state index contributed by atoms with van der Waals surface area (Å²) in [6.45, 7) is 0. The molecule has 0 spiro atoms. The van der Waals surface area contributed by atoms with Gasteiger partial charge in [0.25, 0.3) is 0 Å². The van der Waals surface area contributed by atoms with Gasteiger partial charge < -0.3 is 11.5 Å². The second kappa shape index (κ2) is 4.13. The smallest absolute Gasteiger partial charge is 0.399 e. The molecule has 0 atom stereocenters. The predicted molar refractivity (Wildman–Crippen MR) is 52.8 cm³/mol. The maximum atomic E-state index is 10.5. The average Bonchev–Trinajstić information content (AvgIpc) is 2.18. The van der Waals surface area contributed by atoms with Crippen LogP contribution in [0.4, 0.5) is 10.5 Å². The van der Waals surface area contributed by atoms with E-state index in [9.17, 15) is 9.70 Å². The number of hydrogen-bond acceptors (Lipinski definition) is 3. The second-order valence-electron chi connectivity index (χ2n) is 2.49. The third kappa shape index (κ3) is 2.37. The standard InChI is InChI=1S/C8H8N4O2/c9-6-3-1-5(2-4-6)7(10)11-8(13)12-14/h1-4H,9H2,(H2,10,11,13). The molecule has 2 amide bonds. The number of aliphatic imine (C=N–C) groups is 1. The Hall–Kier alpha value is -2.24. The molecule has 0 aliphatic heterocycles. The van der Waals surface area contributed by atoms with Crippen molar-refractivity contribution in [3.63, 3.8) is 0 Å². The van der Waals surface area contributed by atoms with Crippen LogP contribution >= 0.6 is 0 Å². The van der Waals surface area contributed by atoms with Crippen molar-refractivity contribution >= 4 is 17.6 Å². The highest BCUT2D eigenvalue weighted by Crippen LogP contribution is 2.05. The number of hydrogen-bond donors (Lipinski definition) is 2. The van der Waals surface area contributed by atoms with Crippen LogP contribution in [0.2, 0.25) is 0 Å². The van der Waals surface area contributed by atoms with Gasteiger partial charge in [-0.15, -0.1) is 4.91 Å². The lowest BCUT2D eigenvalue weighted by Gasteiger charge is -1.98. The summed E-state index contributed by atoms with van der Waals surface area (Å²) in [5.74, 6) is -0.0606. The first-order valence-corrected chi connectivity index (χ1v) is 3.71. The Morgan fingerprint density at radius 2 is 1.79 bits per heavy atom. The van der Waals surface area contributed by atoms with E-state index in [1.165, 1.54) is 0 Å². The van der Waals surface area contributed by atoms with Gasteiger partial charge in [0.2, 0.25) is 0 Å². The molecule has 0 aromatic heterocycles. The molecule has 0 aliphatic carbocycles. The van der Waals surface area contributed by atoms with E-state index in [-0.39, 0.29) is 5.84 Å². The number of carbonyl (C=O) groups is 1. The summed E-state index contributed by atoms with van der Waals surface area (Å²) in [6.07, 6.45) is 0. The zero-order valence-electron chi connectivity index (χ0n) is 7.18. The van der Waals surface area contributed by atoms with E-state index in [0.29, 0.717) is 11.3 Å². The number of nitrogens with two attached hydrogens (primary N) is 2. The summed E-state index contributed by atoms with van der Waals surface area (Å²) >= 11 is 0. The summed E-state index contributed by atoms with van der Waals surface area (Å²) in [4.78, 5) is 23.5. The van der Waals surface area contributed by atoms with Crippen LogP contribution in [0.5, 0.6) is 0 Å². The number of carbonyl (C=O) groups excluding carboxylic acids is 1. The minimum atomic E-state index is -1.15. The third-order valence-electron chi connectivity index (χ3n) is 1.50. The van der Waals surface area contributed by atoms with Crippen LogP contribution in [0.25, 0.3) is 0 Å². The molecule has 72 valence electrons. The number of amidine groups is 1. The monoisotopic (exact) mass is 192 g/mol. The minimum absolute atomic E-state index is 0.0606. The summed E-state index contributed by atoms with van der Waals surface area (Å²) in [7, 11) is 0. The fraction of sp³-hybridized carbons (Fsp3) is 0. The van der Waals surface area contributed by atoms with Crippen LogP contribution < -0.4 is 11.5 Å². The number of nitrogens with zero attached hydrogens (tertiary/aromatic N) is 2. The fourth-order valence-electron chi connectivity index (χ4n) is 0.842. The van der Waals surface area contributed by atoms with Crippen molar-refractivity contribution in [1.29, 1.82) is 0 Å². The van der Waals surface area contributed by atoms with Gasteiger partial charge in [-0.1, -0.05) is 0 Å². The van der Waals surface area contributed by atoms with Crippen molar-refractivity contribution in [2.75, 3.05) is 5.73 Å². The molecule has 1 rings (SSSR count). The van der Waals surface area contributed by atoms with Crippen LogP contribution in [0.15, 0.2) is 34.4 Å². The minimum Gasteiger partial charge on any atom is -0.399 e. The van der Waals surface area contributed by atoms with Crippen LogP contribution in [-0.4, -0.2) is 11.9 Å². The molecule has 0 bridgehead atoms. The lowest BCUT2D eigenvalue weighted by atomic mass is 10.2. The van der Waals surface area contributed by atoms with Gasteiger partial charge in [-0.2, -0.15) is 4.99 Å². The van der Waals surface area contributed by atoms with Gasteiger partial charge in [0.1, 0.15) is 5.84 Å². The number of benzene rings is 1. The summed E-state index contributed by atoms with van der Waals surface area (Å²) < 4.78 is 0. The van der Waals surface area contributed by atoms with Gasteiger partial charge in [-0.05, 0) is 24.3 Å². The molecule has 6 heteroatoms. The number of rotatable bonds is 1. The second-order valence-corrected chi connectivity index (χ2v) is 2.49. The maximum absolute atomic E-state index is 10.5. The van der Waals surface area contributed by atoms with Gasteiger partial charge in [0.05, 0.1) is 0 Å². The van der Waals surface area contributed by atoms with Gasteiger partial charge in [-0.25, -0.2) is 4.79 Å². The zero-order chi connectivity index (χ0) is 10.6. The fourth-order valence-corrected chi connectivity index (χ4v) is 0.842. The highest BCUT2D eigenvalue weighted by molar-refractivity contribution is 6.03. The van der Waals surface area contributed by atoms with Crippen molar-refractivity contribution < 1.29 is 4.79 Å². The summed E-state index contributed by atoms with van der Waals surface area (Å²) in [6, 6.07) is 5.24. The van der Waals surface area contributed by atoms with Crippen molar-refractivity contribution in [3.05, 3.63) is 34.7 Å². The Labute approximate surface area is 79.6 Å². The van der Waals surface area contributed by atoms with Crippen molar-refractivity contribution in [3.8, 4) is 0 Å². The van der Waals surface area contributed by atoms with E-state index >= 15 is 0 Å². The third-order valence-corrected chi connectivity index (χ3v) is 1.50. The number of urea groups is 1. The van der Waals surface area contributed by atoms with Crippen LogP contribution in [0, 0.1) is 4.91 Å². The van der Waals surface area contributed by atoms with Crippen LogP contribution in [-0.2, 0) is 0 Å². The van der Waals surface area contributed by atoms with Crippen molar-refractivity contribution in [2.24, 2.45) is 15.9 Å².